The number of hydrogen-bond donors (Lipinski definition) is 2. The fraction of sp³-hybridized carbons (Fsp3) is 0.583. The molecule has 98 valence electrons. The quantitative estimate of drug-likeness (QED) is 0.746. The van der Waals surface area contributed by atoms with Crippen LogP contribution >= 0.6 is 0 Å². The largest absolute Gasteiger partial charge is 0.476 e. The van der Waals surface area contributed by atoms with Gasteiger partial charge in [0.25, 0.3) is 0 Å². The summed E-state index contributed by atoms with van der Waals surface area (Å²) < 4.78 is 5.68. The van der Waals surface area contributed by atoms with E-state index in [-0.39, 0.29) is 5.69 Å². The number of ether oxygens (including phenoxy) is 1. The van der Waals surface area contributed by atoms with Crippen molar-refractivity contribution in [3.63, 3.8) is 0 Å². The van der Waals surface area contributed by atoms with Gasteiger partial charge in [-0.05, 0) is 12.8 Å². The van der Waals surface area contributed by atoms with Crippen molar-refractivity contribution in [2.75, 3.05) is 18.5 Å². The normalized spacial score (nSPS) is 15.8. The SMILES string of the molecule is O=C(O)c1cnc(NCCOC2CCCC2)cn1. The zero-order chi connectivity index (χ0) is 12.8. The number of carboxylic acid groups (broad SMARTS) is 1. The second-order valence-electron chi connectivity index (χ2n) is 4.30. The van der Waals surface area contributed by atoms with E-state index >= 15 is 0 Å². The van der Waals surface area contributed by atoms with Gasteiger partial charge in [-0.1, -0.05) is 12.8 Å². The third kappa shape index (κ3) is 3.66. The molecule has 1 aliphatic carbocycles. The topological polar surface area (TPSA) is 84.3 Å². The Labute approximate surface area is 105 Å². The molecule has 0 amide bonds. The van der Waals surface area contributed by atoms with Gasteiger partial charge in [0.05, 0.1) is 25.1 Å². The van der Waals surface area contributed by atoms with Crippen LogP contribution in [0.4, 0.5) is 5.82 Å². The summed E-state index contributed by atoms with van der Waals surface area (Å²) in [5.41, 5.74) is -0.0530. The van der Waals surface area contributed by atoms with Crippen molar-refractivity contribution in [3.05, 3.63) is 18.1 Å². The number of aromatic carboxylic acids is 1. The van der Waals surface area contributed by atoms with Crippen LogP contribution in [0.5, 0.6) is 0 Å². The minimum absolute atomic E-state index is 0.0530. The van der Waals surface area contributed by atoms with E-state index in [0.717, 1.165) is 12.8 Å². The van der Waals surface area contributed by atoms with Gasteiger partial charge < -0.3 is 15.2 Å². The second kappa shape index (κ2) is 6.30. The first-order valence-corrected chi connectivity index (χ1v) is 6.16. The summed E-state index contributed by atoms with van der Waals surface area (Å²) >= 11 is 0. The Morgan fingerprint density at radius 3 is 2.78 bits per heavy atom. The van der Waals surface area contributed by atoms with Crippen LogP contribution < -0.4 is 5.32 Å². The minimum Gasteiger partial charge on any atom is -0.476 e. The lowest BCUT2D eigenvalue weighted by atomic mass is 10.3. The Kier molecular flexibility index (Phi) is 4.46. The Morgan fingerprint density at radius 2 is 2.17 bits per heavy atom. The highest BCUT2D eigenvalue weighted by Crippen LogP contribution is 2.20. The number of anilines is 1. The Hall–Kier alpha value is -1.69. The minimum atomic E-state index is -1.07. The van der Waals surface area contributed by atoms with Crippen molar-refractivity contribution in [1.29, 1.82) is 0 Å². The molecule has 6 heteroatoms. The van der Waals surface area contributed by atoms with Gasteiger partial charge in [0.1, 0.15) is 5.82 Å². The average Bonchev–Trinajstić information content (AvgIpc) is 2.88. The van der Waals surface area contributed by atoms with Gasteiger partial charge in [-0.15, -0.1) is 0 Å². The maximum atomic E-state index is 10.6. The number of hydrogen-bond acceptors (Lipinski definition) is 5. The van der Waals surface area contributed by atoms with Gasteiger partial charge >= 0.3 is 5.97 Å². The Morgan fingerprint density at radius 1 is 1.39 bits per heavy atom. The van der Waals surface area contributed by atoms with Crippen LogP contribution in [0.15, 0.2) is 12.4 Å². The fourth-order valence-corrected chi connectivity index (χ4v) is 1.99. The van der Waals surface area contributed by atoms with Crippen LogP contribution in [-0.4, -0.2) is 40.3 Å². The molecule has 2 N–H and O–H groups in total. The average molecular weight is 251 g/mol. The van der Waals surface area contributed by atoms with Gasteiger partial charge in [0.15, 0.2) is 5.69 Å². The lowest BCUT2D eigenvalue weighted by molar-refractivity contribution is 0.0657. The number of nitrogens with zero attached hydrogens (tertiary/aromatic N) is 2. The Balaban J connectivity index is 1.68. The van der Waals surface area contributed by atoms with Crippen LogP contribution in [0, 0.1) is 0 Å². The van der Waals surface area contributed by atoms with E-state index in [1.807, 2.05) is 0 Å². The molecule has 0 spiro atoms. The van der Waals surface area contributed by atoms with Crippen LogP contribution in [0.2, 0.25) is 0 Å². The smallest absolute Gasteiger partial charge is 0.356 e. The monoisotopic (exact) mass is 251 g/mol. The fourth-order valence-electron chi connectivity index (χ4n) is 1.99. The van der Waals surface area contributed by atoms with Crippen molar-refractivity contribution < 1.29 is 14.6 Å². The molecule has 1 fully saturated rings. The summed E-state index contributed by atoms with van der Waals surface area (Å²) in [5, 5.41) is 11.7. The number of aromatic nitrogens is 2. The summed E-state index contributed by atoms with van der Waals surface area (Å²) in [6.07, 6.45) is 7.91. The molecule has 1 saturated carbocycles. The van der Waals surface area contributed by atoms with Gasteiger partial charge in [0.2, 0.25) is 0 Å². The summed E-state index contributed by atoms with van der Waals surface area (Å²) in [4.78, 5) is 18.3. The highest BCUT2D eigenvalue weighted by Gasteiger charge is 2.14. The highest BCUT2D eigenvalue weighted by atomic mass is 16.5. The molecule has 0 bridgehead atoms. The Bertz CT molecular complexity index is 388. The number of nitrogens with one attached hydrogen (secondary N) is 1. The van der Waals surface area contributed by atoms with Gasteiger partial charge in [-0.3, -0.25) is 0 Å². The molecule has 0 aliphatic heterocycles. The van der Waals surface area contributed by atoms with E-state index in [9.17, 15) is 4.79 Å². The first kappa shape index (κ1) is 12.8. The number of carboxylic acids is 1. The maximum Gasteiger partial charge on any atom is 0.356 e. The van der Waals surface area contributed by atoms with E-state index in [4.69, 9.17) is 9.84 Å². The third-order valence-electron chi connectivity index (χ3n) is 2.93. The first-order valence-electron chi connectivity index (χ1n) is 6.16. The van der Waals surface area contributed by atoms with Crippen LogP contribution in [0.25, 0.3) is 0 Å². The van der Waals surface area contributed by atoms with E-state index in [2.05, 4.69) is 15.3 Å². The summed E-state index contributed by atoms with van der Waals surface area (Å²) in [7, 11) is 0. The summed E-state index contributed by atoms with van der Waals surface area (Å²) in [6, 6.07) is 0. The van der Waals surface area contributed by atoms with Crippen molar-refractivity contribution in [2.24, 2.45) is 0 Å². The third-order valence-corrected chi connectivity index (χ3v) is 2.93. The van der Waals surface area contributed by atoms with Crippen molar-refractivity contribution >= 4 is 11.8 Å². The molecule has 2 rings (SSSR count). The molecule has 0 radical (unpaired) electrons. The molecule has 1 aromatic heterocycles. The predicted molar refractivity (Wildman–Crippen MR) is 65.7 cm³/mol. The zero-order valence-electron chi connectivity index (χ0n) is 10.1. The molecule has 1 aliphatic rings. The summed E-state index contributed by atoms with van der Waals surface area (Å²) in [5.74, 6) is -0.506. The van der Waals surface area contributed by atoms with Crippen molar-refractivity contribution in [1.82, 2.24) is 9.97 Å². The molecule has 0 saturated heterocycles. The van der Waals surface area contributed by atoms with E-state index in [1.54, 1.807) is 0 Å². The highest BCUT2D eigenvalue weighted by molar-refractivity contribution is 5.84. The molecule has 0 atom stereocenters. The molecule has 0 aromatic carbocycles. The van der Waals surface area contributed by atoms with Crippen LogP contribution in [0.3, 0.4) is 0 Å². The molecule has 18 heavy (non-hydrogen) atoms. The van der Waals surface area contributed by atoms with Gasteiger partial charge in [-0.2, -0.15) is 0 Å². The lowest BCUT2D eigenvalue weighted by Crippen LogP contribution is -2.16. The number of carbonyl (C=O) groups is 1. The van der Waals surface area contributed by atoms with Crippen LogP contribution in [0.1, 0.15) is 36.2 Å². The van der Waals surface area contributed by atoms with Gasteiger partial charge in [-0.25, -0.2) is 14.8 Å². The molecule has 0 unspecified atom stereocenters. The van der Waals surface area contributed by atoms with Crippen molar-refractivity contribution in [3.8, 4) is 0 Å². The molecule has 1 heterocycles. The van der Waals surface area contributed by atoms with Crippen molar-refractivity contribution in [2.45, 2.75) is 31.8 Å². The molecule has 1 aromatic rings. The zero-order valence-corrected chi connectivity index (χ0v) is 10.1. The van der Waals surface area contributed by atoms with E-state index in [1.165, 1.54) is 25.2 Å². The molecular formula is C12H17N3O3. The summed E-state index contributed by atoms with van der Waals surface area (Å²) in [6.45, 7) is 1.28. The van der Waals surface area contributed by atoms with Gasteiger partial charge in [0, 0.05) is 6.54 Å². The first-order chi connectivity index (χ1) is 8.75. The van der Waals surface area contributed by atoms with E-state index < -0.39 is 5.97 Å². The lowest BCUT2D eigenvalue weighted by Gasteiger charge is -2.11. The maximum absolute atomic E-state index is 10.6. The predicted octanol–water partition coefficient (Wildman–Crippen LogP) is 1.55. The standard InChI is InChI=1S/C12H17N3O3/c16-12(17)10-7-15-11(8-14-10)13-5-6-18-9-3-1-2-4-9/h7-9H,1-6H2,(H,13,15)(H,16,17). The van der Waals surface area contributed by atoms with E-state index in [0.29, 0.717) is 25.1 Å². The second-order valence-corrected chi connectivity index (χ2v) is 4.30. The van der Waals surface area contributed by atoms with Crippen LogP contribution in [-0.2, 0) is 4.74 Å². The number of rotatable bonds is 6. The molecule has 6 nitrogen and oxygen atoms in total. The molecular weight excluding hydrogens is 234 g/mol.